The topological polar surface area (TPSA) is 29.5 Å². The SMILES string of the molecule is C=O.CC.CC.COc1ccc2c(c1)CCN(Cc1ccc(C)cc1)C2. The monoisotopic (exact) mass is 357 g/mol. The van der Waals surface area contributed by atoms with Crippen LogP contribution in [-0.4, -0.2) is 25.3 Å². The quantitative estimate of drug-likeness (QED) is 0.733. The zero-order chi connectivity index (χ0) is 19.9. The van der Waals surface area contributed by atoms with Crippen molar-refractivity contribution in [1.29, 1.82) is 0 Å². The summed E-state index contributed by atoms with van der Waals surface area (Å²) in [5, 5.41) is 0. The van der Waals surface area contributed by atoms with Crippen molar-refractivity contribution in [3.8, 4) is 5.75 Å². The van der Waals surface area contributed by atoms with E-state index in [1.54, 1.807) is 7.11 Å². The molecule has 3 rings (SSSR count). The third-order valence-corrected chi connectivity index (χ3v) is 4.03. The van der Waals surface area contributed by atoms with Gasteiger partial charge in [0, 0.05) is 19.6 Å². The second-order valence-corrected chi connectivity index (χ2v) is 5.58. The van der Waals surface area contributed by atoms with Gasteiger partial charge in [-0.2, -0.15) is 0 Å². The maximum Gasteiger partial charge on any atom is 0.119 e. The van der Waals surface area contributed by atoms with E-state index >= 15 is 0 Å². The first-order valence-electron chi connectivity index (χ1n) is 9.47. The van der Waals surface area contributed by atoms with Crippen molar-refractivity contribution >= 4 is 6.79 Å². The summed E-state index contributed by atoms with van der Waals surface area (Å²) in [5.74, 6) is 0.968. The molecule has 3 nitrogen and oxygen atoms in total. The minimum absolute atomic E-state index is 0.968. The summed E-state index contributed by atoms with van der Waals surface area (Å²) in [6.45, 7) is 15.3. The van der Waals surface area contributed by atoms with Crippen LogP contribution in [0.25, 0.3) is 0 Å². The Balaban J connectivity index is 0.000000948. The average molecular weight is 358 g/mol. The molecule has 0 amide bonds. The van der Waals surface area contributed by atoms with Crippen LogP contribution in [0.2, 0.25) is 0 Å². The van der Waals surface area contributed by atoms with Gasteiger partial charge in [-0.15, -0.1) is 0 Å². The molecule has 0 N–H and O–H groups in total. The summed E-state index contributed by atoms with van der Waals surface area (Å²) in [4.78, 5) is 10.5. The maximum absolute atomic E-state index is 8.00. The molecule has 144 valence electrons. The zero-order valence-electron chi connectivity index (χ0n) is 17.3. The average Bonchev–Trinajstić information content (AvgIpc) is 2.74. The van der Waals surface area contributed by atoms with Gasteiger partial charge >= 0.3 is 0 Å². The van der Waals surface area contributed by atoms with Gasteiger partial charge in [-0.05, 0) is 42.2 Å². The first-order valence-corrected chi connectivity index (χ1v) is 9.47. The standard InChI is InChI=1S/C18H21NO.2C2H6.CH2O/c1-14-3-5-15(6-4-14)12-19-10-9-16-11-18(20-2)8-7-17(16)13-19;3*1-2/h3-8,11H,9-10,12-13H2,1-2H3;2*1-2H3;1H2. The fourth-order valence-electron chi connectivity index (χ4n) is 2.80. The number of rotatable bonds is 3. The van der Waals surface area contributed by atoms with Gasteiger partial charge in [-0.3, -0.25) is 4.90 Å². The van der Waals surface area contributed by atoms with E-state index in [0.717, 1.165) is 31.8 Å². The Kier molecular flexibility index (Phi) is 12.9. The number of nitrogens with zero attached hydrogens (tertiary/aromatic N) is 1. The maximum atomic E-state index is 8.00. The Bertz CT molecular complexity index is 608. The van der Waals surface area contributed by atoms with E-state index in [2.05, 4.69) is 54.3 Å². The van der Waals surface area contributed by atoms with Crippen LogP contribution in [0.15, 0.2) is 42.5 Å². The fraction of sp³-hybridized carbons (Fsp3) is 0.435. The van der Waals surface area contributed by atoms with Crippen molar-refractivity contribution in [2.75, 3.05) is 13.7 Å². The summed E-state index contributed by atoms with van der Waals surface area (Å²) in [6, 6.07) is 15.3. The molecule has 0 aliphatic carbocycles. The van der Waals surface area contributed by atoms with Crippen LogP contribution in [0.5, 0.6) is 5.75 Å². The Morgan fingerprint density at radius 3 is 2.15 bits per heavy atom. The number of carbonyl (C=O) groups is 1. The fourth-order valence-corrected chi connectivity index (χ4v) is 2.80. The Morgan fingerprint density at radius 2 is 1.58 bits per heavy atom. The predicted octanol–water partition coefficient (Wildman–Crippen LogP) is 5.43. The molecule has 0 radical (unpaired) electrons. The number of methoxy groups -OCH3 is 1. The first kappa shape index (κ1) is 23.9. The molecule has 1 aliphatic heterocycles. The van der Waals surface area contributed by atoms with E-state index in [-0.39, 0.29) is 0 Å². The van der Waals surface area contributed by atoms with Gasteiger partial charge in [0.15, 0.2) is 0 Å². The summed E-state index contributed by atoms with van der Waals surface area (Å²) in [5.41, 5.74) is 5.59. The number of hydrogen-bond acceptors (Lipinski definition) is 3. The summed E-state index contributed by atoms with van der Waals surface area (Å²) in [7, 11) is 1.73. The van der Waals surface area contributed by atoms with Crippen LogP contribution >= 0.6 is 0 Å². The highest BCUT2D eigenvalue weighted by Gasteiger charge is 2.16. The van der Waals surface area contributed by atoms with Crippen molar-refractivity contribution < 1.29 is 9.53 Å². The van der Waals surface area contributed by atoms with Crippen LogP contribution < -0.4 is 4.74 Å². The second-order valence-electron chi connectivity index (χ2n) is 5.58. The molecule has 0 bridgehead atoms. The lowest BCUT2D eigenvalue weighted by Gasteiger charge is -2.29. The normalized spacial score (nSPS) is 12.1. The molecule has 3 heteroatoms. The number of benzene rings is 2. The van der Waals surface area contributed by atoms with E-state index in [9.17, 15) is 0 Å². The smallest absolute Gasteiger partial charge is 0.119 e. The van der Waals surface area contributed by atoms with E-state index in [4.69, 9.17) is 9.53 Å². The number of fused-ring (bicyclic) bond motifs is 1. The van der Waals surface area contributed by atoms with Crippen molar-refractivity contribution in [1.82, 2.24) is 4.90 Å². The number of ether oxygens (including phenoxy) is 1. The van der Waals surface area contributed by atoms with Crippen molar-refractivity contribution in [2.45, 2.75) is 54.1 Å². The van der Waals surface area contributed by atoms with Crippen LogP contribution in [0.3, 0.4) is 0 Å². The van der Waals surface area contributed by atoms with Gasteiger partial charge in [-0.1, -0.05) is 63.6 Å². The van der Waals surface area contributed by atoms with E-state index < -0.39 is 0 Å². The number of hydrogen-bond donors (Lipinski definition) is 0. The van der Waals surface area contributed by atoms with Gasteiger partial charge in [0.2, 0.25) is 0 Å². The highest BCUT2D eigenvalue weighted by atomic mass is 16.5. The highest BCUT2D eigenvalue weighted by Crippen LogP contribution is 2.24. The highest BCUT2D eigenvalue weighted by molar-refractivity contribution is 5.37. The van der Waals surface area contributed by atoms with Gasteiger partial charge < -0.3 is 9.53 Å². The predicted molar refractivity (Wildman–Crippen MR) is 112 cm³/mol. The number of carbonyl (C=O) groups excluding carboxylic acids is 1. The van der Waals surface area contributed by atoms with Gasteiger partial charge in [-0.25, -0.2) is 0 Å². The first-order chi connectivity index (χ1) is 12.7. The Hall–Kier alpha value is -2.13. The van der Waals surface area contributed by atoms with Gasteiger partial charge in [0.1, 0.15) is 12.5 Å². The van der Waals surface area contributed by atoms with Crippen LogP contribution in [0.1, 0.15) is 49.9 Å². The second kappa shape index (κ2) is 14.1. The molecular weight excluding hydrogens is 322 g/mol. The van der Waals surface area contributed by atoms with E-state index in [1.165, 1.54) is 22.3 Å². The Labute approximate surface area is 160 Å². The molecule has 0 aromatic heterocycles. The lowest BCUT2D eigenvalue weighted by Crippen LogP contribution is -2.30. The molecule has 0 saturated carbocycles. The minimum atomic E-state index is 0.968. The molecule has 0 atom stereocenters. The lowest BCUT2D eigenvalue weighted by molar-refractivity contribution is -0.0979. The third kappa shape index (κ3) is 7.40. The molecule has 2 aromatic rings. The van der Waals surface area contributed by atoms with E-state index in [1.807, 2.05) is 34.5 Å². The van der Waals surface area contributed by atoms with Crippen LogP contribution in [0, 0.1) is 6.92 Å². The van der Waals surface area contributed by atoms with Gasteiger partial charge in [0.25, 0.3) is 0 Å². The van der Waals surface area contributed by atoms with Gasteiger partial charge in [0.05, 0.1) is 7.11 Å². The summed E-state index contributed by atoms with van der Waals surface area (Å²) < 4.78 is 5.30. The molecule has 2 aromatic carbocycles. The van der Waals surface area contributed by atoms with Crippen molar-refractivity contribution in [3.63, 3.8) is 0 Å². The number of aryl methyl sites for hydroxylation is 1. The van der Waals surface area contributed by atoms with Crippen molar-refractivity contribution in [2.24, 2.45) is 0 Å². The molecular formula is C23H35NO2. The van der Waals surface area contributed by atoms with Crippen LogP contribution in [-0.2, 0) is 24.3 Å². The summed E-state index contributed by atoms with van der Waals surface area (Å²) in [6.07, 6.45) is 1.11. The summed E-state index contributed by atoms with van der Waals surface area (Å²) >= 11 is 0. The molecule has 0 spiro atoms. The minimum Gasteiger partial charge on any atom is -0.497 e. The molecule has 0 saturated heterocycles. The van der Waals surface area contributed by atoms with Crippen molar-refractivity contribution in [3.05, 3.63) is 64.7 Å². The molecule has 1 heterocycles. The zero-order valence-corrected chi connectivity index (χ0v) is 17.3. The largest absolute Gasteiger partial charge is 0.497 e. The molecule has 1 aliphatic rings. The van der Waals surface area contributed by atoms with Crippen LogP contribution in [0.4, 0.5) is 0 Å². The molecule has 0 unspecified atom stereocenters. The molecule has 0 fully saturated rings. The molecule has 26 heavy (non-hydrogen) atoms. The third-order valence-electron chi connectivity index (χ3n) is 4.03. The van der Waals surface area contributed by atoms with E-state index in [0.29, 0.717) is 0 Å². The Morgan fingerprint density at radius 1 is 0.962 bits per heavy atom. The lowest BCUT2D eigenvalue weighted by atomic mass is 9.99.